The van der Waals surface area contributed by atoms with Crippen LogP contribution in [0.3, 0.4) is 0 Å². The fourth-order valence-electron chi connectivity index (χ4n) is 1.79. The van der Waals surface area contributed by atoms with Crippen molar-refractivity contribution in [2.75, 3.05) is 20.2 Å². The summed E-state index contributed by atoms with van der Waals surface area (Å²) in [6, 6.07) is 4.94. The number of carbonyl (C=O) groups excluding carboxylic acids is 1. The van der Waals surface area contributed by atoms with Crippen molar-refractivity contribution in [2.24, 2.45) is 5.92 Å². The van der Waals surface area contributed by atoms with Crippen LogP contribution in [0.5, 0.6) is 0 Å². The number of sulfonamides is 1. The van der Waals surface area contributed by atoms with Gasteiger partial charge in [-0.2, -0.15) is 4.31 Å². The first-order chi connectivity index (χ1) is 9.73. The van der Waals surface area contributed by atoms with Gasteiger partial charge in [0, 0.05) is 22.0 Å². The van der Waals surface area contributed by atoms with Crippen molar-refractivity contribution in [3.8, 4) is 0 Å². The zero-order valence-corrected chi connectivity index (χ0v) is 16.0. The standard InChI is InChI=1S/C13H17Br2NO4S/c1-4-16(8-9(2)13(17)20-3)21(18,19)12-7-10(14)5-6-11(12)15/h5-7,9H,4,8H2,1-3H3. The van der Waals surface area contributed by atoms with Crippen molar-refractivity contribution < 1.29 is 17.9 Å². The fourth-order valence-corrected chi connectivity index (χ4v) is 4.79. The Morgan fingerprint density at radius 3 is 2.52 bits per heavy atom. The molecule has 0 bridgehead atoms. The number of nitrogens with zero attached hydrogens (tertiary/aromatic N) is 1. The van der Waals surface area contributed by atoms with E-state index < -0.39 is 21.9 Å². The highest BCUT2D eigenvalue weighted by Crippen LogP contribution is 2.28. The lowest BCUT2D eigenvalue weighted by Crippen LogP contribution is -2.37. The van der Waals surface area contributed by atoms with Gasteiger partial charge in [-0.1, -0.05) is 29.8 Å². The monoisotopic (exact) mass is 441 g/mol. The van der Waals surface area contributed by atoms with Gasteiger partial charge < -0.3 is 4.74 Å². The SMILES string of the molecule is CCN(CC(C)C(=O)OC)S(=O)(=O)c1cc(Br)ccc1Br. The molecular formula is C13H17Br2NO4S. The van der Waals surface area contributed by atoms with E-state index in [0.29, 0.717) is 8.95 Å². The van der Waals surface area contributed by atoms with Crippen molar-refractivity contribution in [3.05, 3.63) is 27.1 Å². The summed E-state index contributed by atoms with van der Waals surface area (Å²) in [7, 11) is -2.41. The van der Waals surface area contributed by atoms with Crippen LogP contribution in [0.2, 0.25) is 0 Å². The van der Waals surface area contributed by atoms with Gasteiger partial charge in [-0.15, -0.1) is 0 Å². The zero-order chi connectivity index (χ0) is 16.2. The van der Waals surface area contributed by atoms with E-state index in [1.54, 1.807) is 26.0 Å². The molecule has 1 aromatic carbocycles. The van der Waals surface area contributed by atoms with Gasteiger partial charge in [0.1, 0.15) is 0 Å². The zero-order valence-electron chi connectivity index (χ0n) is 12.0. The van der Waals surface area contributed by atoms with Gasteiger partial charge in [0.05, 0.1) is 17.9 Å². The number of hydrogen-bond donors (Lipinski definition) is 0. The second kappa shape index (κ2) is 7.71. The topological polar surface area (TPSA) is 63.7 Å². The molecule has 0 aliphatic heterocycles. The molecule has 5 nitrogen and oxygen atoms in total. The maximum Gasteiger partial charge on any atom is 0.309 e. The quantitative estimate of drug-likeness (QED) is 0.635. The number of halogens is 2. The van der Waals surface area contributed by atoms with Crippen LogP contribution in [-0.4, -0.2) is 38.9 Å². The first kappa shape index (κ1) is 18.6. The Hall–Kier alpha value is -0.440. The molecule has 0 aliphatic rings. The van der Waals surface area contributed by atoms with E-state index in [2.05, 4.69) is 36.6 Å². The third-order valence-corrected chi connectivity index (χ3v) is 6.37. The summed E-state index contributed by atoms with van der Waals surface area (Å²) in [5, 5.41) is 0. The molecule has 0 N–H and O–H groups in total. The summed E-state index contributed by atoms with van der Waals surface area (Å²) in [5.41, 5.74) is 0. The van der Waals surface area contributed by atoms with Gasteiger partial charge in [0.2, 0.25) is 10.0 Å². The first-order valence-electron chi connectivity index (χ1n) is 6.27. The van der Waals surface area contributed by atoms with Crippen LogP contribution in [0.25, 0.3) is 0 Å². The third-order valence-electron chi connectivity index (χ3n) is 2.94. The summed E-state index contributed by atoms with van der Waals surface area (Å²) >= 11 is 6.52. The molecule has 1 rings (SSSR count). The minimum atomic E-state index is -3.69. The molecule has 8 heteroatoms. The van der Waals surface area contributed by atoms with E-state index >= 15 is 0 Å². The van der Waals surface area contributed by atoms with Crippen LogP contribution in [0.1, 0.15) is 13.8 Å². The molecule has 1 atom stereocenters. The molecule has 0 saturated heterocycles. The summed E-state index contributed by atoms with van der Waals surface area (Å²) in [5.74, 6) is -0.965. The Morgan fingerprint density at radius 1 is 1.38 bits per heavy atom. The van der Waals surface area contributed by atoms with E-state index in [4.69, 9.17) is 0 Å². The molecule has 1 aromatic rings. The van der Waals surface area contributed by atoms with Crippen LogP contribution in [0.4, 0.5) is 0 Å². The van der Waals surface area contributed by atoms with Gasteiger partial charge >= 0.3 is 5.97 Å². The number of methoxy groups -OCH3 is 1. The smallest absolute Gasteiger partial charge is 0.309 e. The van der Waals surface area contributed by atoms with Crippen molar-refractivity contribution in [2.45, 2.75) is 18.7 Å². The molecule has 0 aliphatic carbocycles. The average Bonchev–Trinajstić information content (AvgIpc) is 2.45. The molecule has 1 unspecified atom stereocenters. The lowest BCUT2D eigenvalue weighted by molar-refractivity contribution is -0.145. The molecule has 0 amide bonds. The predicted molar refractivity (Wildman–Crippen MR) is 87.5 cm³/mol. The minimum Gasteiger partial charge on any atom is -0.469 e. The molecule has 0 heterocycles. The first-order valence-corrected chi connectivity index (χ1v) is 9.29. The lowest BCUT2D eigenvalue weighted by Gasteiger charge is -2.23. The Bertz CT molecular complexity index is 619. The molecule has 118 valence electrons. The molecule has 21 heavy (non-hydrogen) atoms. The van der Waals surface area contributed by atoms with Crippen molar-refractivity contribution in [3.63, 3.8) is 0 Å². The average molecular weight is 443 g/mol. The molecule has 0 spiro atoms. The second-order valence-electron chi connectivity index (χ2n) is 4.45. The minimum absolute atomic E-state index is 0.0739. The molecule has 0 radical (unpaired) electrons. The number of rotatable bonds is 6. The molecule has 0 aromatic heterocycles. The maximum atomic E-state index is 12.7. The van der Waals surface area contributed by atoms with Gasteiger partial charge in [-0.3, -0.25) is 4.79 Å². The number of esters is 1. The predicted octanol–water partition coefficient (Wildman–Crippen LogP) is 3.03. The normalized spacial score (nSPS) is 13.2. The maximum absolute atomic E-state index is 12.7. The molecular weight excluding hydrogens is 426 g/mol. The van der Waals surface area contributed by atoms with Crippen LogP contribution in [0, 0.1) is 5.92 Å². The third kappa shape index (κ3) is 4.51. The summed E-state index contributed by atoms with van der Waals surface area (Å²) in [4.78, 5) is 11.7. The number of hydrogen-bond acceptors (Lipinski definition) is 4. The second-order valence-corrected chi connectivity index (χ2v) is 8.13. The van der Waals surface area contributed by atoms with Crippen LogP contribution < -0.4 is 0 Å². The largest absolute Gasteiger partial charge is 0.469 e. The van der Waals surface area contributed by atoms with Crippen molar-refractivity contribution >= 4 is 47.9 Å². The highest BCUT2D eigenvalue weighted by molar-refractivity contribution is 9.11. The van der Waals surface area contributed by atoms with Crippen LogP contribution in [0.15, 0.2) is 32.0 Å². The van der Waals surface area contributed by atoms with Crippen LogP contribution >= 0.6 is 31.9 Å². The fraction of sp³-hybridized carbons (Fsp3) is 0.462. The van der Waals surface area contributed by atoms with Crippen molar-refractivity contribution in [1.82, 2.24) is 4.31 Å². The van der Waals surface area contributed by atoms with E-state index in [9.17, 15) is 13.2 Å². The van der Waals surface area contributed by atoms with Gasteiger partial charge in [-0.05, 0) is 34.1 Å². The summed E-state index contributed by atoms with van der Waals surface area (Å²) in [6.07, 6.45) is 0. The van der Waals surface area contributed by atoms with E-state index in [-0.39, 0.29) is 18.0 Å². The highest BCUT2D eigenvalue weighted by atomic mass is 79.9. The lowest BCUT2D eigenvalue weighted by atomic mass is 10.2. The van der Waals surface area contributed by atoms with Gasteiger partial charge in [0.25, 0.3) is 0 Å². The van der Waals surface area contributed by atoms with E-state index in [1.807, 2.05) is 0 Å². The van der Waals surface area contributed by atoms with E-state index in [1.165, 1.54) is 17.5 Å². The van der Waals surface area contributed by atoms with Gasteiger partial charge in [0.15, 0.2) is 0 Å². The number of benzene rings is 1. The Kier molecular flexibility index (Phi) is 6.83. The van der Waals surface area contributed by atoms with Gasteiger partial charge in [-0.25, -0.2) is 8.42 Å². The number of carbonyl (C=O) groups is 1. The highest BCUT2D eigenvalue weighted by Gasteiger charge is 2.29. The Morgan fingerprint density at radius 2 is 2.00 bits per heavy atom. The molecule has 0 saturated carbocycles. The summed E-state index contributed by atoms with van der Waals surface area (Å²) in [6.45, 7) is 3.71. The number of ether oxygens (including phenoxy) is 1. The van der Waals surface area contributed by atoms with E-state index in [0.717, 1.165) is 0 Å². The summed E-state index contributed by atoms with van der Waals surface area (Å²) < 4.78 is 32.5. The van der Waals surface area contributed by atoms with Crippen molar-refractivity contribution in [1.29, 1.82) is 0 Å². The Balaban J connectivity index is 3.14. The molecule has 0 fully saturated rings. The van der Waals surface area contributed by atoms with Crippen LogP contribution in [-0.2, 0) is 19.6 Å². The Labute approximate surface area is 142 Å².